The number of nitrogens with zero attached hydrogens (tertiary/aromatic N) is 5. The average molecular weight is 393 g/mol. The van der Waals surface area contributed by atoms with Crippen LogP contribution in [0, 0.1) is 23.2 Å². The second kappa shape index (κ2) is 8.34. The van der Waals surface area contributed by atoms with Crippen LogP contribution in [0.5, 0.6) is 0 Å². The number of likely N-dealkylation sites (tertiary alicyclic amines) is 1. The Morgan fingerprint density at radius 1 is 1.21 bits per heavy atom. The van der Waals surface area contributed by atoms with Gasteiger partial charge in [0.1, 0.15) is 17.1 Å². The highest BCUT2D eigenvalue weighted by molar-refractivity contribution is 5.92. The molecule has 1 unspecified atom stereocenters. The van der Waals surface area contributed by atoms with E-state index in [1.807, 2.05) is 12.1 Å². The summed E-state index contributed by atoms with van der Waals surface area (Å²) in [5, 5.41) is 12.6. The van der Waals surface area contributed by atoms with Crippen LogP contribution in [0.15, 0.2) is 24.5 Å². The lowest BCUT2D eigenvalue weighted by atomic mass is 9.93. The van der Waals surface area contributed by atoms with Crippen LogP contribution in [-0.4, -0.2) is 60.0 Å². The number of carbonyl (C=O) groups excluding carboxylic acids is 1. The molecule has 1 N–H and O–H groups in total. The van der Waals surface area contributed by atoms with Crippen molar-refractivity contribution in [2.75, 3.05) is 38.1 Å². The lowest BCUT2D eigenvalue weighted by Crippen LogP contribution is -2.41. The number of benzene rings is 1. The average Bonchev–Trinajstić information content (AvgIpc) is 3.08. The fraction of sp³-hybridized carbons (Fsp3) is 0.545. The highest BCUT2D eigenvalue weighted by atomic mass is 16.1. The Balaban J connectivity index is 1.43. The number of nitriles is 1. The van der Waals surface area contributed by atoms with Crippen molar-refractivity contribution in [2.45, 2.75) is 32.2 Å². The van der Waals surface area contributed by atoms with Crippen molar-refractivity contribution in [1.29, 1.82) is 5.26 Å². The van der Waals surface area contributed by atoms with E-state index in [0.717, 1.165) is 50.2 Å². The van der Waals surface area contributed by atoms with Gasteiger partial charge in [-0.2, -0.15) is 5.26 Å². The van der Waals surface area contributed by atoms with Gasteiger partial charge in [-0.1, -0.05) is 6.92 Å². The Morgan fingerprint density at radius 2 is 1.93 bits per heavy atom. The minimum atomic E-state index is 0.121. The van der Waals surface area contributed by atoms with E-state index in [0.29, 0.717) is 29.3 Å². The van der Waals surface area contributed by atoms with Crippen LogP contribution >= 0.6 is 0 Å². The molecular formula is C22H28N6O. The molecule has 1 aromatic heterocycles. The van der Waals surface area contributed by atoms with E-state index in [4.69, 9.17) is 0 Å². The summed E-state index contributed by atoms with van der Waals surface area (Å²) in [5.74, 6) is 1.01. The topological polar surface area (TPSA) is 85.1 Å². The molecule has 29 heavy (non-hydrogen) atoms. The van der Waals surface area contributed by atoms with Crippen molar-refractivity contribution in [2.24, 2.45) is 11.8 Å². The number of nitrogens with one attached hydrogen (secondary N) is 1. The van der Waals surface area contributed by atoms with Gasteiger partial charge < -0.3 is 15.1 Å². The van der Waals surface area contributed by atoms with Crippen LogP contribution in [0.2, 0.25) is 0 Å². The number of piperidine rings is 1. The van der Waals surface area contributed by atoms with E-state index in [1.165, 1.54) is 0 Å². The Labute approximate surface area is 171 Å². The highest BCUT2D eigenvalue weighted by Crippen LogP contribution is 2.31. The first-order valence-electron chi connectivity index (χ1n) is 10.4. The first-order valence-corrected chi connectivity index (χ1v) is 10.4. The molecule has 2 saturated heterocycles. The molecule has 2 aliphatic heterocycles. The lowest BCUT2D eigenvalue weighted by molar-refractivity contribution is -0.123. The van der Waals surface area contributed by atoms with E-state index in [-0.39, 0.29) is 11.9 Å². The number of rotatable bonds is 4. The fourth-order valence-electron chi connectivity index (χ4n) is 4.53. The molecule has 2 atom stereocenters. The summed E-state index contributed by atoms with van der Waals surface area (Å²) < 4.78 is 0. The Bertz CT molecular complexity index is 931. The Morgan fingerprint density at radius 3 is 2.66 bits per heavy atom. The SMILES string of the molecule is C[C@@H]1CN(c2ccc(C#N)c3nccnc23)CC1NC(=O)CC1CCN(C)CC1. The summed E-state index contributed by atoms with van der Waals surface area (Å²) in [5.41, 5.74) is 2.89. The van der Waals surface area contributed by atoms with E-state index in [1.54, 1.807) is 12.4 Å². The largest absolute Gasteiger partial charge is 0.367 e. The molecule has 3 heterocycles. The molecule has 1 aromatic carbocycles. The van der Waals surface area contributed by atoms with Gasteiger partial charge >= 0.3 is 0 Å². The Kier molecular flexibility index (Phi) is 5.63. The zero-order chi connectivity index (χ0) is 20.4. The monoisotopic (exact) mass is 392 g/mol. The molecular weight excluding hydrogens is 364 g/mol. The summed E-state index contributed by atoms with van der Waals surface area (Å²) in [6.45, 7) is 5.93. The quantitative estimate of drug-likeness (QED) is 0.858. The maximum Gasteiger partial charge on any atom is 0.220 e. The van der Waals surface area contributed by atoms with E-state index < -0.39 is 0 Å². The maximum absolute atomic E-state index is 12.6. The number of aromatic nitrogens is 2. The van der Waals surface area contributed by atoms with Crippen LogP contribution in [-0.2, 0) is 4.79 Å². The van der Waals surface area contributed by atoms with Crippen molar-refractivity contribution in [3.05, 3.63) is 30.1 Å². The van der Waals surface area contributed by atoms with Crippen LogP contribution < -0.4 is 10.2 Å². The standard InChI is InChI=1S/C22H28N6O/c1-15-13-28(19-4-3-17(12-23)21-22(19)25-8-7-24-21)14-18(15)26-20(29)11-16-5-9-27(2)10-6-16/h3-4,7-8,15-16,18H,5-6,9-11,13-14H2,1-2H3,(H,26,29)/t15-,18?/m1/s1. The summed E-state index contributed by atoms with van der Waals surface area (Å²) >= 11 is 0. The number of hydrogen-bond acceptors (Lipinski definition) is 6. The smallest absolute Gasteiger partial charge is 0.220 e. The van der Waals surface area contributed by atoms with E-state index in [9.17, 15) is 10.1 Å². The van der Waals surface area contributed by atoms with Crippen LogP contribution in [0.1, 0.15) is 31.7 Å². The molecule has 4 rings (SSSR count). The number of hydrogen-bond donors (Lipinski definition) is 1. The third kappa shape index (κ3) is 4.18. The van der Waals surface area contributed by atoms with Crippen LogP contribution in [0.25, 0.3) is 11.0 Å². The molecule has 0 aliphatic carbocycles. The summed E-state index contributed by atoms with van der Waals surface area (Å²) in [6, 6.07) is 6.07. The van der Waals surface area contributed by atoms with Crippen molar-refractivity contribution >= 4 is 22.6 Å². The molecule has 1 amide bonds. The number of anilines is 1. The zero-order valence-corrected chi connectivity index (χ0v) is 17.1. The van der Waals surface area contributed by atoms with E-state index in [2.05, 4.69) is 45.1 Å². The number of amides is 1. The third-order valence-electron chi connectivity index (χ3n) is 6.34. The number of fused-ring (bicyclic) bond motifs is 1. The lowest BCUT2D eigenvalue weighted by Gasteiger charge is -2.29. The fourth-order valence-corrected chi connectivity index (χ4v) is 4.53. The highest BCUT2D eigenvalue weighted by Gasteiger charge is 2.32. The third-order valence-corrected chi connectivity index (χ3v) is 6.34. The van der Waals surface area contributed by atoms with E-state index >= 15 is 0 Å². The molecule has 0 saturated carbocycles. The van der Waals surface area contributed by atoms with Gasteiger partial charge in [0.05, 0.1) is 17.3 Å². The van der Waals surface area contributed by atoms with Gasteiger partial charge in [-0.3, -0.25) is 14.8 Å². The second-order valence-corrected chi connectivity index (χ2v) is 8.50. The van der Waals surface area contributed by atoms with Crippen molar-refractivity contribution in [1.82, 2.24) is 20.2 Å². The van der Waals surface area contributed by atoms with Gasteiger partial charge in [-0.05, 0) is 56.9 Å². The van der Waals surface area contributed by atoms with Gasteiger partial charge in [-0.15, -0.1) is 0 Å². The zero-order valence-electron chi connectivity index (χ0n) is 17.1. The molecule has 0 bridgehead atoms. The molecule has 7 nitrogen and oxygen atoms in total. The second-order valence-electron chi connectivity index (χ2n) is 8.50. The molecule has 2 aromatic rings. The van der Waals surface area contributed by atoms with Crippen molar-refractivity contribution in [3.8, 4) is 6.07 Å². The summed E-state index contributed by atoms with van der Waals surface area (Å²) in [7, 11) is 2.14. The van der Waals surface area contributed by atoms with Crippen LogP contribution in [0.4, 0.5) is 5.69 Å². The minimum absolute atomic E-state index is 0.121. The predicted octanol–water partition coefficient (Wildman–Crippen LogP) is 2.17. The normalized spacial score (nSPS) is 23.3. The van der Waals surface area contributed by atoms with Crippen molar-refractivity contribution < 1.29 is 4.79 Å². The summed E-state index contributed by atoms with van der Waals surface area (Å²) in [4.78, 5) is 26.1. The minimum Gasteiger partial charge on any atom is -0.367 e. The van der Waals surface area contributed by atoms with Gasteiger partial charge in [0.15, 0.2) is 0 Å². The predicted molar refractivity (Wildman–Crippen MR) is 112 cm³/mol. The molecule has 2 fully saturated rings. The van der Waals surface area contributed by atoms with Gasteiger partial charge in [0, 0.05) is 31.9 Å². The molecule has 2 aliphatic rings. The van der Waals surface area contributed by atoms with Gasteiger partial charge in [0.25, 0.3) is 0 Å². The first kappa shape index (κ1) is 19.6. The molecule has 7 heteroatoms. The number of carbonyl (C=O) groups is 1. The Hall–Kier alpha value is -2.72. The summed E-state index contributed by atoms with van der Waals surface area (Å²) in [6.07, 6.45) is 6.11. The van der Waals surface area contributed by atoms with Gasteiger partial charge in [-0.25, -0.2) is 0 Å². The molecule has 152 valence electrons. The van der Waals surface area contributed by atoms with Crippen LogP contribution in [0.3, 0.4) is 0 Å². The van der Waals surface area contributed by atoms with Crippen molar-refractivity contribution in [3.63, 3.8) is 0 Å². The maximum atomic E-state index is 12.6. The molecule has 0 radical (unpaired) electrons. The van der Waals surface area contributed by atoms with Gasteiger partial charge in [0.2, 0.25) is 5.91 Å². The first-order chi connectivity index (χ1) is 14.0. The molecule has 0 spiro atoms.